The number of hydrazine groups is 1. The summed E-state index contributed by atoms with van der Waals surface area (Å²) in [5.74, 6) is 5.57. The molecule has 0 fully saturated rings. The predicted molar refractivity (Wildman–Crippen MR) is 35.1 cm³/mol. The van der Waals surface area contributed by atoms with E-state index in [1.807, 2.05) is 0 Å². The molecule has 0 aliphatic rings. The number of hydrogen-bond acceptors (Lipinski definition) is 3. The van der Waals surface area contributed by atoms with Crippen LogP contribution in [0.5, 0.6) is 0 Å². The van der Waals surface area contributed by atoms with Gasteiger partial charge in [0, 0.05) is 14.1 Å². The molecule has 8 heavy (non-hydrogen) atoms. The van der Waals surface area contributed by atoms with Gasteiger partial charge in [0.05, 0.1) is 6.21 Å². The number of nitrogens with zero attached hydrogens (tertiary/aromatic N) is 2. The average molecular weight is 114 g/mol. The van der Waals surface area contributed by atoms with Crippen molar-refractivity contribution in [1.29, 1.82) is 0 Å². The van der Waals surface area contributed by atoms with Crippen LogP contribution in [0, 0.1) is 0 Å². The van der Waals surface area contributed by atoms with Crippen molar-refractivity contribution in [3.63, 3.8) is 0 Å². The lowest BCUT2D eigenvalue weighted by Crippen LogP contribution is -2.31. The molecule has 0 aliphatic heterocycles. The summed E-state index contributed by atoms with van der Waals surface area (Å²) in [4.78, 5) is 7.41. The van der Waals surface area contributed by atoms with Crippen LogP contribution >= 0.6 is 0 Å². The van der Waals surface area contributed by atoms with Gasteiger partial charge in [-0.25, -0.2) is 5.84 Å². The number of nitrogens with two attached hydrogens (primary N) is 1. The molecular formula is C4H10N4. The van der Waals surface area contributed by atoms with Gasteiger partial charge in [0.25, 0.3) is 0 Å². The molecule has 0 amide bonds. The fraction of sp³-hybridized carbons (Fsp3) is 0.500. The number of nitrogens with one attached hydrogen (secondary N) is 1. The molecule has 46 valence electrons. The van der Waals surface area contributed by atoms with Crippen LogP contribution in [0.2, 0.25) is 0 Å². The topological polar surface area (TPSA) is 62.8 Å². The van der Waals surface area contributed by atoms with Gasteiger partial charge in [0.2, 0.25) is 0 Å². The first kappa shape index (κ1) is 7.10. The molecule has 0 aromatic rings. The zero-order valence-corrected chi connectivity index (χ0v) is 5.05. The van der Waals surface area contributed by atoms with Gasteiger partial charge in [0.15, 0.2) is 5.84 Å². The Balaban J connectivity index is 3.72. The van der Waals surface area contributed by atoms with Crippen molar-refractivity contribution in [2.45, 2.75) is 0 Å². The molecule has 0 unspecified atom stereocenters. The van der Waals surface area contributed by atoms with Gasteiger partial charge in [-0.1, -0.05) is 0 Å². The highest BCUT2D eigenvalue weighted by atomic mass is 15.2. The maximum Gasteiger partial charge on any atom is 0.153 e. The van der Waals surface area contributed by atoms with Crippen molar-refractivity contribution in [1.82, 2.24) is 5.43 Å². The van der Waals surface area contributed by atoms with E-state index in [1.165, 1.54) is 0 Å². The summed E-state index contributed by atoms with van der Waals surface area (Å²) in [6.45, 7) is 0. The van der Waals surface area contributed by atoms with Crippen LogP contribution in [0.1, 0.15) is 0 Å². The summed E-state index contributed by atoms with van der Waals surface area (Å²) >= 11 is 0. The van der Waals surface area contributed by atoms with Crippen molar-refractivity contribution in [3.05, 3.63) is 0 Å². The SMILES string of the molecule is CN=CC(=NC)NN. The van der Waals surface area contributed by atoms with Crippen LogP contribution in [-0.2, 0) is 0 Å². The first-order valence-corrected chi connectivity index (χ1v) is 2.20. The highest BCUT2D eigenvalue weighted by Crippen LogP contribution is 1.60. The minimum absolute atomic E-state index is 0.576. The molecule has 3 N–H and O–H groups in total. The molecule has 0 aliphatic carbocycles. The second-order valence-corrected chi connectivity index (χ2v) is 1.14. The van der Waals surface area contributed by atoms with Crippen LogP contribution in [-0.4, -0.2) is 26.1 Å². The Morgan fingerprint density at radius 2 is 2.25 bits per heavy atom. The van der Waals surface area contributed by atoms with E-state index in [1.54, 1.807) is 20.3 Å². The van der Waals surface area contributed by atoms with Gasteiger partial charge in [-0.15, -0.1) is 0 Å². The Bertz CT molecular complexity index is 102. The van der Waals surface area contributed by atoms with E-state index in [9.17, 15) is 0 Å². The Labute approximate surface area is 48.5 Å². The molecule has 4 heteroatoms. The van der Waals surface area contributed by atoms with E-state index in [0.717, 1.165) is 0 Å². The van der Waals surface area contributed by atoms with E-state index in [4.69, 9.17) is 5.84 Å². The molecule has 0 saturated carbocycles. The Hall–Kier alpha value is -0.900. The molecule has 0 aromatic carbocycles. The van der Waals surface area contributed by atoms with Gasteiger partial charge in [0.1, 0.15) is 0 Å². The second-order valence-electron chi connectivity index (χ2n) is 1.14. The van der Waals surface area contributed by atoms with Gasteiger partial charge in [-0.2, -0.15) is 0 Å². The Morgan fingerprint density at radius 1 is 1.62 bits per heavy atom. The molecule has 0 spiro atoms. The predicted octanol–water partition coefficient (Wildman–Crippen LogP) is -0.821. The first-order chi connectivity index (χ1) is 3.85. The lowest BCUT2D eigenvalue weighted by molar-refractivity contribution is 1.03. The summed E-state index contributed by atoms with van der Waals surface area (Å²) in [5, 5.41) is 0. The molecule has 0 radical (unpaired) electrons. The van der Waals surface area contributed by atoms with Gasteiger partial charge in [-0.3, -0.25) is 9.98 Å². The third kappa shape index (κ3) is 2.30. The lowest BCUT2D eigenvalue weighted by Gasteiger charge is -1.92. The van der Waals surface area contributed by atoms with E-state index < -0.39 is 0 Å². The second kappa shape index (κ2) is 4.26. The van der Waals surface area contributed by atoms with Crippen LogP contribution < -0.4 is 11.3 Å². The van der Waals surface area contributed by atoms with E-state index in [2.05, 4.69) is 15.4 Å². The van der Waals surface area contributed by atoms with Crippen molar-refractivity contribution < 1.29 is 0 Å². The summed E-state index contributed by atoms with van der Waals surface area (Å²) < 4.78 is 0. The third-order valence-electron chi connectivity index (χ3n) is 0.640. The third-order valence-corrected chi connectivity index (χ3v) is 0.640. The van der Waals surface area contributed by atoms with Crippen molar-refractivity contribution in [2.24, 2.45) is 15.8 Å². The zero-order valence-electron chi connectivity index (χ0n) is 5.05. The lowest BCUT2D eigenvalue weighted by atomic mass is 10.6. The van der Waals surface area contributed by atoms with E-state index in [-0.39, 0.29) is 0 Å². The van der Waals surface area contributed by atoms with Crippen molar-refractivity contribution in [3.8, 4) is 0 Å². The summed E-state index contributed by atoms with van der Waals surface area (Å²) in [6.07, 6.45) is 1.54. The fourth-order valence-electron chi connectivity index (χ4n) is 0.282. The fourth-order valence-corrected chi connectivity index (χ4v) is 0.282. The number of hydrogen-bond donors (Lipinski definition) is 2. The largest absolute Gasteiger partial charge is 0.308 e. The van der Waals surface area contributed by atoms with Crippen LogP contribution in [0.25, 0.3) is 0 Å². The Kier molecular flexibility index (Phi) is 3.78. The molecular weight excluding hydrogens is 104 g/mol. The van der Waals surface area contributed by atoms with Crippen molar-refractivity contribution >= 4 is 12.1 Å². The quantitative estimate of drug-likeness (QED) is 0.202. The average Bonchev–Trinajstić information content (AvgIpc) is 1.83. The molecule has 4 nitrogen and oxygen atoms in total. The summed E-state index contributed by atoms with van der Waals surface area (Å²) in [7, 11) is 3.29. The standard InChI is InChI=1S/C4H10N4/c1-6-3-4(7-2)8-5/h3H,5H2,1-2H3,(H,7,8). The number of rotatable bonds is 1. The van der Waals surface area contributed by atoms with Gasteiger partial charge in [-0.05, 0) is 0 Å². The van der Waals surface area contributed by atoms with Gasteiger partial charge < -0.3 is 5.43 Å². The van der Waals surface area contributed by atoms with Crippen LogP contribution in [0.3, 0.4) is 0 Å². The number of amidine groups is 1. The van der Waals surface area contributed by atoms with E-state index >= 15 is 0 Å². The van der Waals surface area contributed by atoms with E-state index in [0.29, 0.717) is 5.84 Å². The van der Waals surface area contributed by atoms with Gasteiger partial charge >= 0.3 is 0 Å². The molecule has 0 rings (SSSR count). The smallest absolute Gasteiger partial charge is 0.153 e. The summed E-state index contributed by atoms with van der Waals surface area (Å²) in [5.41, 5.74) is 2.35. The minimum Gasteiger partial charge on any atom is -0.308 e. The monoisotopic (exact) mass is 114 g/mol. The zero-order chi connectivity index (χ0) is 6.41. The maximum absolute atomic E-state index is 5.00. The highest BCUT2D eigenvalue weighted by molar-refractivity contribution is 6.29. The molecule has 0 saturated heterocycles. The summed E-state index contributed by atoms with van der Waals surface area (Å²) in [6, 6.07) is 0. The normalized spacial score (nSPS) is 12.6. The maximum atomic E-state index is 5.00. The molecule has 0 atom stereocenters. The number of aliphatic imine (C=N–C) groups is 2. The highest BCUT2D eigenvalue weighted by Gasteiger charge is 1.81. The first-order valence-electron chi connectivity index (χ1n) is 2.20. The van der Waals surface area contributed by atoms with Crippen molar-refractivity contribution in [2.75, 3.05) is 14.1 Å². The molecule has 0 aromatic heterocycles. The van der Waals surface area contributed by atoms with Crippen LogP contribution in [0.4, 0.5) is 0 Å². The van der Waals surface area contributed by atoms with Crippen LogP contribution in [0.15, 0.2) is 9.98 Å². The molecule has 0 heterocycles. The minimum atomic E-state index is 0.576. The Morgan fingerprint density at radius 3 is 2.38 bits per heavy atom. The molecule has 0 bridgehead atoms.